The highest BCUT2D eigenvalue weighted by molar-refractivity contribution is 8.04. The number of carbonyl (C=O) groups is 1. The third kappa shape index (κ3) is 3.63. The van der Waals surface area contributed by atoms with Crippen LogP contribution < -0.4 is 5.32 Å². The predicted octanol–water partition coefficient (Wildman–Crippen LogP) is 4.13. The number of Topliss-reactive ketones (excluding diaryl/α,β-unsaturated/α-hetero) is 1. The van der Waals surface area contributed by atoms with Crippen molar-refractivity contribution in [1.29, 1.82) is 0 Å². The maximum Gasteiger partial charge on any atom is 0.294 e. The minimum absolute atomic E-state index is 0.0813. The van der Waals surface area contributed by atoms with E-state index in [0.29, 0.717) is 21.9 Å². The van der Waals surface area contributed by atoms with E-state index in [1.54, 1.807) is 13.0 Å². The number of allylic oxidation sites excluding steroid dienone is 2. The number of hydrogen-bond donors (Lipinski definition) is 2. The van der Waals surface area contributed by atoms with E-state index in [1.165, 1.54) is 29.5 Å². The molecule has 1 heterocycles. The summed E-state index contributed by atoms with van der Waals surface area (Å²) in [7, 11) is -4.27. The summed E-state index contributed by atoms with van der Waals surface area (Å²) in [6, 6.07) is 11.8. The fraction of sp³-hybridized carbons (Fsp3) is 0.167. The number of rotatable bonds is 4. The Labute approximate surface area is 150 Å². The third-order valence-electron chi connectivity index (χ3n) is 3.95. The van der Waals surface area contributed by atoms with E-state index in [1.807, 2.05) is 24.3 Å². The third-order valence-corrected chi connectivity index (χ3v) is 6.08. The second-order valence-electron chi connectivity index (χ2n) is 5.69. The van der Waals surface area contributed by atoms with Crippen molar-refractivity contribution in [3.8, 4) is 0 Å². The molecule has 2 N–H and O–H groups in total. The van der Waals surface area contributed by atoms with Crippen molar-refractivity contribution in [2.24, 2.45) is 0 Å². The van der Waals surface area contributed by atoms with Crippen LogP contribution in [0.2, 0.25) is 0 Å². The molecule has 3 rings (SSSR count). The van der Waals surface area contributed by atoms with E-state index in [9.17, 15) is 13.2 Å². The molecule has 0 bridgehead atoms. The number of carbonyl (C=O) groups excluding carboxylic acids is 1. The zero-order valence-corrected chi connectivity index (χ0v) is 15.4. The Morgan fingerprint density at radius 1 is 1.16 bits per heavy atom. The van der Waals surface area contributed by atoms with Crippen molar-refractivity contribution in [1.82, 2.24) is 0 Å². The molecule has 2 aromatic rings. The van der Waals surface area contributed by atoms with E-state index in [2.05, 4.69) is 12.2 Å². The van der Waals surface area contributed by atoms with Crippen LogP contribution in [-0.4, -0.2) is 18.8 Å². The van der Waals surface area contributed by atoms with E-state index < -0.39 is 10.1 Å². The number of thioether (sulfide) groups is 1. The smallest absolute Gasteiger partial charge is 0.294 e. The highest BCUT2D eigenvalue weighted by atomic mass is 32.2. The quantitative estimate of drug-likeness (QED) is 0.618. The normalized spacial score (nSPS) is 14.0. The molecule has 1 aliphatic heterocycles. The number of ketones is 1. The Kier molecular flexibility index (Phi) is 4.73. The molecule has 5 nitrogen and oxygen atoms in total. The first kappa shape index (κ1) is 17.7. The van der Waals surface area contributed by atoms with Gasteiger partial charge in [0.2, 0.25) is 5.78 Å². The van der Waals surface area contributed by atoms with Crippen molar-refractivity contribution < 1.29 is 17.8 Å². The van der Waals surface area contributed by atoms with Crippen LogP contribution >= 0.6 is 11.8 Å². The molecule has 0 atom stereocenters. The van der Waals surface area contributed by atoms with Gasteiger partial charge in [0.1, 0.15) is 0 Å². The van der Waals surface area contributed by atoms with Crippen LogP contribution in [0.25, 0.3) is 0 Å². The lowest BCUT2D eigenvalue weighted by Crippen LogP contribution is -2.12. The minimum Gasteiger partial charge on any atom is -0.357 e. The first-order valence-electron chi connectivity index (χ1n) is 7.70. The molecule has 25 heavy (non-hydrogen) atoms. The summed E-state index contributed by atoms with van der Waals surface area (Å²) in [5.41, 5.74) is 2.98. The molecule has 0 amide bonds. The van der Waals surface area contributed by atoms with Crippen molar-refractivity contribution in [2.75, 3.05) is 5.32 Å². The van der Waals surface area contributed by atoms with Gasteiger partial charge in [-0.25, -0.2) is 0 Å². The fourth-order valence-electron chi connectivity index (χ4n) is 2.54. The van der Waals surface area contributed by atoms with Crippen LogP contribution in [0.1, 0.15) is 29.8 Å². The van der Waals surface area contributed by atoms with Crippen LogP contribution in [-0.2, 0) is 16.5 Å². The first-order chi connectivity index (χ1) is 11.8. The molecule has 0 aliphatic carbocycles. The van der Waals surface area contributed by atoms with Crippen LogP contribution in [0.4, 0.5) is 5.69 Å². The average Bonchev–Trinajstić information content (AvgIpc) is 2.59. The molecule has 0 unspecified atom stereocenters. The van der Waals surface area contributed by atoms with Gasteiger partial charge in [-0.3, -0.25) is 9.35 Å². The van der Waals surface area contributed by atoms with Crippen LogP contribution in [0.3, 0.4) is 0 Å². The second kappa shape index (κ2) is 6.67. The number of nitrogens with one attached hydrogen (secondary N) is 1. The summed E-state index contributed by atoms with van der Waals surface area (Å²) in [6.45, 7) is 3.83. The first-order valence-corrected chi connectivity index (χ1v) is 9.96. The molecule has 0 saturated carbocycles. The molecule has 7 heteroatoms. The summed E-state index contributed by atoms with van der Waals surface area (Å²) < 4.78 is 31.7. The number of hydrogen-bond acceptors (Lipinski definition) is 5. The lowest BCUT2D eigenvalue weighted by Gasteiger charge is -2.22. The monoisotopic (exact) mass is 375 g/mol. The summed E-state index contributed by atoms with van der Waals surface area (Å²) in [5.74, 6) is -0.0813. The number of fused-ring (bicyclic) bond motifs is 1. The van der Waals surface area contributed by atoms with Gasteiger partial charge in [0, 0.05) is 16.2 Å². The Morgan fingerprint density at radius 2 is 1.84 bits per heavy atom. The largest absolute Gasteiger partial charge is 0.357 e. The summed E-state index contributed by atoms with van der Waals surface area (Å²) in [5, 5.41) is 3.06. The molecule has 0 saturated heterocycles. The van der Waals surface area contributed by atoms with E-state index in [0.717, 1.165) is 11.3 Å². The summed E-state index contributed by atoms with van der Waals surface area (Å²) >= 11 is 1.29. The highest BCUT2D eigenvalue weighted by Crippen LogP contribution is 2.41. The van der Waals surface area contributed by atoms with Gasteiger partial charge in [-0.15, -0.1) is 0 Å². The molecule has 0 fully saturated rings. The molecule has 2 aromatic carbocycles. The zero-order valence-electron chi connectivity index (χ0n) is 13.7. The molecule has 1 aliphatic rings. The van der Waals surface area contributed by atoms with Gasteiger partial charge < -0.3 is 5.32 Å². The van der Waals surface area contributed by atoms with E-state index in [4.69, 9.17) is 4.55 Å². The summed E-state index contributed by atoms with van der Waals surface area (Å²) in [6.07, 6.45) is 0.913. The molecule has 130 valence electrons. The zero-order chi connectivity index (χ0) is 18.2. The Bertz CT molecular complexity index is 977. The maximum atomic E-state index is 12.8. The Hall–Kier alpha value is -2.09. The molecule has 0 aromatic heterocycles. The standard InChI is InChI=1S/C18H17NO4S2/c1-3-12-4-6-13(7-5-12)17(20)18-11(2)19-15-10-14(25(21,22)23)8-9-16(15)24-18/h4-10,19H,3H2,1-2H3,(H,21,22,23). The van der Waals surface area contributed by atoms with Crippen molar-refractivity contribution in [2.45, 2.75) is 30.1 Å². The topological polar surface area (TPSA) is 83.5 Å². The SMILES string of the molecule is CCc1ccc(C(=O)C2=C(C)Nc3cc(S(=O)(=O)O)ccc3S2)cc1. The molecular weight excluding hydrogens is 358 g/mol. The highest BCUT2D eigenvalue weighted by Gasteiger charge is 2.24. The van der Waals surface area contributed by atoms with Gasteiger partial charge in [0.25, 0.3) is 10.1 Å². The van der Waals surface area contributed by atoms with E-state index >= 15 is 0 Å². The van der Waals surface area contributed by atoms with Gasteiger partial charge in [-0.1, -0.05) is 43.0 Å². The number of benzene rings is 2. The van der Waals surface area contributed by atoms with Gasteiger partial charge in [0.15, 0.2) is 0 Å². The Balaban J connectivity index is 1.92. The molecule has 0 spiro atoms. The Morgan fingerprint density at radius 3 is 2.44 bits per heavy atom. The van der Waals surface area contributed by atoms with Gasteiger partial charge >= 0.3 is 0 Å². The second-order valence-corrected chi connectivity index (χ2v) is 8.17. The maximum absolute atomic E-state index is 12.8. The van der Waals surface area contributed by atoms with Gasteiger partial charge in [-0.05, 0) is 37.1 Å². The van der Waals surface area contributed by atoms with Crippen molar-refractivity contribution in [3.05, 3.63) is 64.2 Å². The van der Waals surface area contributed by atoms with E-state index in [-0.39, 0.29) is 10.7 Å². The summed E-state index contributed by atoms with van der Waals surface area (Å²) in [4.78, 5) is 13.9. The minimum atomic E-state index is -4.27. The lowest BCUT2D eigenvalue weighted by molar-refractivity contribution is 0.104. The lowest BCUT2D eigenvalue weighted by atomic mass is 10.1. The van der Waals surface area contributed by atoms with Gasteiger partial charge in [-0.2, -0.15) is 8.42 Å². The number of aryl methyl sites for hydroxylation is 1. The van der Waals surface area contributed by atoms with Crippen molar-refractivity contribution >= 4 is 33.4 Å². The molecular formula is C18H17NO4S2. The predicted molar refractivity (Wildman–Crippen MR) is 98.6 cm³/mol. The number of anilines is 1. The fourth-order valence-corrected chi connectivity index (χ4v) is 4.04. The van der Waals surface area contributed by atoms with Crippen molar-refractivity contribution in [3.63, 3.8) is 0 Å². The van der Waals surface area contributed by atoms with Crippen LogP contribution in [0.5, 0.6) is 0 Å². The average molecular weight is 375 g/mol. The van der Waals surface area contributed by atoms with Gasteiger partial charge in [0.05, 0.1) is 15.5 Å². The molecule has 0 radical (unpaired) electrons. The van der Waals surface area contributed by atoms with Crippen LogP contribution in [0.15, 0.2) is 62.9 Å². The van der Waals surface area contributed by atoms with Crippen LogP contribution in [0, 0.1) is 0 Å².